The van der Waals surface area contributed by atoms with E-state index in [-0.39, 0.29) is 0 Å². The van der Waals surface area contributed by atoms with Gasteiger partial charge in [0.15, 0.2) is 5.11 Å². The van der Waals surface area contributed by atoms with Gasteiger partial charge in [0, 0.05) is 12.6 Å². The molecule has 2 N–H and O–H groups in total. The smallest absolute Gasteiger partial charge is 0.166 e. The largest absolute Gasteiger partial charge is 0.360 e. The summed E-state index contributed by atoms with van der Waals surface area (Å²) in [5.41, 5.74) is 2.45. The van der Waals surface area contributed by atoms with Crippen molar-refractivity contribution in [3.8, 4) is 0 Å². The van der Waals surface area contributed by atoms with Gasteiger partial charge in [0.25, 0.3) is 0 Å². The van der Waals surface area contributed by atoms with Crippen LogP contribution in [-0.2, 0) is 6.42 Å². The number of nitrogens with one attached hydrogen (secondary N) is 2. The molecule has 0 amide bonds. The van der Waals surface area contributed by atoms with Crippen molar-refractivity contribution in [1.82, 2.24) is 10.6 Å². The molecular weight excluding hydrogens is 240 g/mol. The Morgan fingerprint density at radius 2 is 2.00 bits per heavy atom. The number of aryl methyl sites for hydroxylation is 1. The summed E-state index contributed by atoms with van der Waals surface area (Å²) in [6, 6.07) is 10.9. The third kappa shape index (κ3) is 6.40. The van der Waals surface area contributed by atoms with E-state index < -0.39 is 0 Å². The van der Waals surface area contributed by atoms with Crippen LogP contribution in [0.5, 0.6) is 0 Å². The molecule has 0 aliphatic rings. The Hall–Kier alpha value is -1.35. The maximum Gasteiger partial charge on any atom is 0.166 e. The second-order valence-electron chi connectivity index (χ2n) is 4.71. The van der Waals surface area contributed by atoms with E-state index >= 15 is 0 Å². The van der Waals surface area contributed by atoms with Gasteiger partial charge >= 0.3 is 0 Å². The second kappa shape index (κ2) is 7.88. The van der Waals surface area contributed by atoms with Gasteiger partial charge in [0.05, 0.1) is 0 Å². The highest BCUT2D eigenvalue weighted by molar-refractivity contribution is 7.80. The maximum absolute atomic E-state index is 5.22. The molecule has 0 spiro atoms. The Balaban J connectivity index is 2.23. The SMILES string of the molecule is C=C(C)CNC(=S)N[C@@H](C)CCc1ccccc1. The molecule has 2 nitrogen and oxygen atoms in total. The van der Waals surface area contributed by atoms with Crippen molar-refractivity contribution in [2.75, 3.05) is 6.54 Å². The van der Waals surface area contributed by atoms with Crippen LogP contribution in [0.25, 0.3) is 0 Å². The molecule has 98 valence electrons. The standard InChI is InChI=1S/C15H22N2S/c1-12(2)11-16-15(18)17-13(3)9-10-14-7-5-4-6-8-14/h4-8,13H,1,9-11H2,2-3H3,(H2,16,17,18)/t13-/m0/s1. The summed E-state index contributed by atoms with van der Waals surface area (Å²) in [5, 5.41) is 7.12. The van der Waals surface area contributed by atoms with Crippen LogP contribution in [0.15, 0.2) is 42.5 Å². The minimum Gasteiger partial charge on any atom is -0.360 e. The zero-order chi connectivity index (χ0) is 13.4. The second-order valence-corrected chi connectivity index (χ2v) is 5.12. The number of hydrogen-bond acceptors (Lipinski definition) is 1. The molecule has 0 saturated carbocycles. The normalized spacial score (nSPS) is 11.7. The number of hydrogen-bond donors (Lipinski definition) is 2. The lowest BCUT2D eigenvalue weighted by atomic mass is 10.1. The summed E-state index contributed by atoms with van der Waals surface area (Å²) in [4.78, 5) is 0. The van der Waals surface area contributed by atoms with Crippen molar-refractivity contribution in [2.45, 2.75) is 32.7 Å². The quantitative estimate of drug-likeness (QED) is 0.608. The van der Waals surface area contributed by atoms with Crippen LogP contribution in [0.4, 0.5) is 0 Å². The first-order valence-electron chi connectivity index (χ1n) is 6.30. The van der Waals surface area contributed by atoms with Crippen molar-refractivity contribution in [1.29, 1.82) is 0 Å². The summed E-state index contributed by atoms with van der Waals surface area (Å²) < 4.78 is 0. The van der Waals surface area contributed by atoms with Gasteiger partial charge in [-0.15, -0.1) is 0 Å². The molecule has 0 radical (unpaired) electrons. The Kier molecular flexibility index (Phi) is 6.44. The number of benzene rings is 1. The van der Waals surface area contributed by atoms with E-state index in [4.69, 9.17) is 12.2 Å². The first-order chi connectivity index (χ1) is 8.58. The molecule has 1 aromatic rings. The van der Waals surface area contributed by atoms with Gasteiger partial charge in [-0.3, -0.25) is 0 Å². The zero-order valence-corrected chi connectivity index (χ0v) is 12.0. The van der Waals surface area contributed by atoms with Gasteiger partial charge < -0.3 is 10.6 Å². The Labute approximate surface area is 115 Å². The highest BCUT2D eigenvalue weighted by Gasteiger charge is 2.04. The first-order valence-corrected chi connectivity index (χ1v) is 6.71. The van der Waals surface area contributed by atoms with Crippen LogP contribution < -0.4 is 10.6 Å². The summed E-state index contributed by atoms with van der Waals surface area (Å²) in [7, 11) is 0. The van der Waals surface area contributed by atoms with Crippen LogP contribution in [0, 0.1) is 0 Å². The predicted octanol–water partition coefficient (Wildman–Crippen LogP) is 3.05. The van der Waals surface area contributed by atoms with Crippen LogP contribution >= 0.6 is 12.2 Å². The van der Waals surface area contributed by atoms with E-state index in [1.807, 2.05) is 13.0 Å². The topological polar surface area (TPSA) is 24.1 Å². The van der Waals surface area contributed by atoms with E-state index in [2.05, 4.69) is 48.4 Å². The average Bonchev–Trinajstić information content (AvgIpc) is 2.35. The Morgan fingerprint density at radius 1 is 1.33 bits per heavy atom. The molecule has 1 rings (SSSR count). The average molecular weight is 262 g/mol. The van der Waals surface area contributed by atoms with Crippen LogP contribution in [0.1, 0.15) is 25.8 Å². The summed E-state index contributed by atoms with van der Waals surface area (Å²) in [5.74, 6) is 0. The van der Waals surface area contributed by atoms with Gasteiger partial charge in [-0.1, -0.05) is 42.5 Å². The molecule has 1 aromatic carbocycles. The van der Waals surface area contributed by atoms with Gasteiger partial charge in [-0.25, -0.2) is 0 Å². The third-order valence-corrected chi connectivity index (χ3v) is 2.90. The van der Waals surface area contributed by atoms with Crippen LogP contribution in [-0.4, -0.2) is 17.7 Å². The van der Waals surface area contributed by atoms with Crippen LogP contribution in [0.3, 0.4) is 0 Å². The highest BCUT2D eigenvalue weighted by Crippen LogP contribution is 2.04. The molecular formula is C15H22N2S. The van der Waals surface area contributed by atoms with Gasteiger partial charge in [0.1, 0.15) is 0 Å². The minimum absolute atomic E-state index is 0.371. The van der Waals surface area contributed by atoms with E-state index in [0.29, 0.717) is 11.2 Å². The lowest BCUT2D eigenvalue weighted by Crippen LogP contribution is -2.41. The van der Waals surface area contributed by atoms with Gasteiger partial charge in [-0.2, -0.15) is 0 Å². The molecule has 0 aliphatic heterocycles. The molecule has 0 fully saturated rings. The third-order valence-electron chi connectivity index (χ3n) is 2.64. The van der Waals surface area contributed by atoms with E-state index in [9.17, 15) is 0 Å². The molecule has 0 saturated heterocycles. The summed E-state index contributed by atoms with van der Waals surface area (Å²) in [6.45, 7) is 8.70. The number of thiocarbonyl (C=S) groups is 1. The van der Waals surface area contributed by atoms with E-state index in [0.717, 1.165) is 25.0 Å². The Morgan fingerprint density at radius 3 is 2.61 bits per heavy atom. The lowest BCUT2D eigenvalue weighted by Gasteiger charge is -2.17. The minimum atomic E-state index is 0.371. The summed E-state index contributed by atoms with van der Waals surface area (Å²) in [6.07, 6.45) is 2.14. The molecule has 0 heterocycles. The fourth-order valence-electron chi connectivity index (χ4n) is 1.61. The van der Waals surface area contributed by atoms with Crippen molar-refractivity contribution in [3.63, 3.8) is 0 Å². The fraction of sp³-hybridized carbons (Fsp3) is 0.400. The molecule has 1 atom stereocenters. The van der Waals surface area contributed by atoms with Gasteiger partial charge in [-0.05, 0) is 44.5 Å². The number of rotatable bonds is 6. The molecule has 18 heavy (non-hydrogen) atoms. The molecule has 3 heteroatoms. The zero-order valence-electron chi connectivity index (χ0n) is 11.2. The van der Waals surface area contributed by atoms with E-state index in [1.165, 1.54) is 5.56 Å². The van der Waals surface area contributed by atoms with E-state index in [1.54, 1.807) is 0 Å². The Bertz CT molecular complexity index is 387. The first kappa shape index (κ1) is 14.7. The molecule has 0 aromatic heterocycles. The monoisotopic (exact) mass is 262 g/mol. The summed E-state index contributed by atoms with van der Waals surface area (Å²) >= 11 is 5.22. The highest BCUT2D eigenvalue weighted by atomic mass is 32.1. The van der Waals surface area contributed by atoms with Crippen molar-refractivity contribution in [3.05, 3.63) is 48.0 Å². The maximum atomic E-state index is 5.22. The molecule has 0 bridgehead atoms. The van der Waals surface area contributed by atoms with Crippen molar-refractivity contribution in [2.24, 2.45) is 0 Å². The van der Waals surface area contributed by atoms with Crippen molar-refractivity contribution < 1.29 is 0 Å². The predicted molar refractivity (Wildman–Crippen MR) is 82.8 cm³/mol. The molecule has 0 unspecified atom stereocenters. The fourth-order valence-corrected chi connectivity index (χ4v) is 1.88. The lowest BCUT2D eigenvalue weighted by molar-refractivity contribution is 0.601. The molecule has 0 aliphatic carbocycles. The van der Waals surface area contributed by atoms with Crippen molar-refractivity contribution >= 4 is 17.3 Å². The van der Waals surface area contributed by atoms with Crippen LogP contribution in [0.2, 0.25) is 0 Å². The van der Waals surface area contributed by atoms with Gasteiger partial charge in [0.2, 0.25) is 0 Å².